The zero-order valence-corrected chi connectivity index (χ0v) is 20.6. The van der Waals surface area contributed by atoms with Gasteiger partial charge in [-0.2, -0.15) is 0 Å². The molecule has 34 heavy (non-hydrogen) atoms. The molecule has 1 atom stereocenters. The average molecular weight is 491 g/mol. The smallest absolute Gasteiger partial charge is 0.227 e. The summed E-state index contributed by atoms with van der Waals surface area (Å²) < 4.78 is 39.6. The van der Waals surface area contributed by atoms with Gasteiger partial charge in [0.15, 0.2) is 9.84 Å². The monoisotopic (exact) mass is 490 g/mol. The molecule has 3 rings (SSSR count). The first-order chi connectivity index (χ1) is 16.1. The van der Waals surface area contributed by atoms with E-state index in [4.69, 9.17) is 14.2 Å². The summed E-state index contributed by atoms with van der Waals surface area (Å²) in [5, 5.41) is 0. The first-order valence-corrected chi connectivity index (χ1v) is 12.7. The lowest BCUT2D eigenvalue weighted by Gasteiger charge is -2.22. The average Bonchev–Trinajstić information content (AvgIpc) is 3.21. The second-order valence-electron chi connectivity index (χ2n) is 8.15. The summed E-state index contributed by atoms with van der Waals surface area (Å²) in [6, 6.07) is 11.5. The Morgan fingerprint density at radius 1 is 1.12 bits per heavy atom. The summed E-state index contributed by atoms with van der Waals surface area (Å²) in [5.74, 6) is 0.872. The van der Waals surface area contributed by atoms with Gasteiger partial charge in [0.05, 0.1) is 37.3 Å². The van der Waals surface area contributed by atoms with Crippen molar-refractivity contribution in [3.8, 4) is 17.2 Å². The molecule has 2 aromatic carbocycles. The van der Waals surface area contributed by atoms with Crippen molar-refractivity contribution >= 4 is 27.3 Å². The maximum atomic E-state index is 12.9. The molecule has 1 saturated heterocycles. The van der Waals surface area contributed by atoms with Crippen molar-refractivity contribution in [2.75, 3.05) is 52.1 Å². The third-order valence-corrected chi connectivity index (χ3v) is 6.78. The predicted molar refractivity (Wildman–Crippen MR) is 127 cm³/mol. The number of sulfone groups is 1. The fourth-order valence-electron chi connectivity index (χ4n) is 3.82. The minimum Gasteiger partial charge on any atom is -0.497 e. The molecular weight excluding hydrogens is 460 g/mol. The summed E-state index contributed by atoms with van der Waals surface area (Å²) in [5.41, 5.74) is 0.578. The standard InChI is InChI=1S/C24H30N2O7S/c1-25(11-6-12-33-19-7-5-8-20(14-19)34(4,29)30)24(28)17-13-23(27)26(16-17)21-15-18(31-2)9-10-22(21)32-3/h5,7-10,14-15,17H,6,11-13,16H2,1-4H3. The summed E-state index contributed by atoms with van der Waals surface area (Å²) in [6.45, 7) is 1.03. The highest BCUT2D eigenvalue weighted by atomic mass is 32.2. The zero-order chi connectivity index (χ0) is 24.9. The minimum atomic E-state index is -3.31. The van der Waals surface area contributed by atoms with Crippen molar-refractivity contribution in [1.82, 2.24) is 4.90 Å². The van der Waals surface area contributed by atoms with Gasteiger partial charge in [-0.25, -0.2) is 8.42 Å². The van der Waals surface area contributed by atoms with Crippen LogP contribution in [0.15, 0.2) is 47.4 Å². The van der Waals surface area contributed by atoms with Gasteiger partial charge in [0, 0.05) is 38.9 Å². The Hall–Kier alpha value is -3.27. The Morgan fingerprint density at radius 3 is 2.56 bits per heavy atom. The molecule has 9 nitrogen and oxygen atoms in total. The molecule has 184 valence electrons. The molecule has 0 radical (unpaired) electrons. The lowest BCUT2D eigenvalue weighted by molar-refractivity contribution is -0.134. The number of ether oxygens (including phenoxy) is 3. The normalized spacial score (nSPS) is 15.8. The van der Waals surface area contributed by atoms with Crippen molar-refractivity contribution in [3.63, 3.8) is 0 Å². The molecule has 0 bridgehead atoms. The Morgan fingerprint density at radius 2 is 1.88 bits per heavy atom. The SMILES string of the molecule is COc1ccc(OC)c(N2CC(C(=O)N(C)CCCOc3cccc(S(C)(=O)=O)c3)CC2=O)c1. The van der Waals surface area contributed by atoms with E-state index >= 15 is 0 Å². The van der Waals surface area contributed by atoms with Crippen LogP contribution in [0.3, 0.4) is 0 Å². The van der Waals surface area contributed by atoms with Gasteiger partial charge in [-0.1, -0.05) is 6.07 Å². The van der Waals surface area contributed by atoms with Crippen LogP contribution in [0.2, 0.25) is 0 Å². The molecule has 1 fully saturated rings. The summed E-state index contributed by atoms with van der Waals surface area (Å²) >= 11 is 0. The first-order valence-electron chi connectivity index (χ1n) is 10.8. The number of methoxy groups -OCH3 is 2. The second-order valence-corrected chi connectivity index (χ2v) is 10.2. The third-order valence-electron chi connectivity index (χ3n) is 5.67. The van der Waals surface area contributed by atoms with Crippen LogP contribution in [-0.4, -0.2) is 72.4 Å². The Labute approximate surface area is 200 Å². The molecule has 1 aliphatic rings. The fourth-order valence-corrected chi connectivity index (χ4v) is 4.48. The maximum absolute atomic E-state index is 12.9. The topological polar surface area (TPSA) is 102 Å². The van der Waals surface area contributed by atoms with Crippen LogP contribution in [0.25, 0.3) is 0 Å². The number of nitrogens with zero attached hydrogens (tertiary/aromatic N) is 2. The van der Waals surface area contributed by atoms with Gasteiger partial charge in [0.25, 0.3) is 0 Å². The number of amides is 2. The molecular formula is C24H30N2O7S. The van der Waals surface area contributed by atoms with Crippen LogP contribution in [0, 0.1) is 5.92 Å². The lowest BCUT2D eigenvalue weighted by atomic mass is 10.1. The molecule has 1 unspecified atom stereocenters. The van der Waals surface area contributed by atoms with Gasteiger partial charge in [0.2, 0.25) is 11.8 Å². The van der Waals surface area contributed by atoms with Crippen LogP contribution in [0.4, 0.5) is 5.69 Å². The van der Waals surface area contributed by atoms with Crippen LogP contribution in [0.1, 0.15) is 12.8 Å². The van der Waals surface area contributed by atoms with E-state index < -0.39 is 15.8 Å². The van der Waals surface area contributed by atoms with Crippen molar-refractivity contribution in [2.24, 2.45) is 5.92 Å². The number of benzene rings is 2. The molecule has 0 spiro atoms. The number of carbonyl (C=O) groups excluding carboxylic acids is 2. The number of anilines is 1. The summed E-state index contributed by atoms with van der Waals surface area (Å²) in [6.07, 6.45) is 1.82. The lowest BCUT2D eigenvalue weighted by Crippen LogP contribution is -2.35. The highest BCUT2D eigenvalue weighted by molar-refractivity contribution is 7.90. The summed E-state index contributed by atoms with van der Waals surface area (Å²) in [7, 11) is 1.47. The Bertz CT molecular complexity index is 1150. The highest BCUT2D eigenvalue weighted by Crippen LogP contribution is 2.36. The van der Waals surface area contributed by atoms with Crippen LogP contribution in [0.5, 0.6) is 17.2 Å². The van der Waals surface area contributed by atoms with Crippen molar-refractivity contribution in [2.45, 2.75) is 17.7 Å². The zero-order valence-electron chi connectivity index (χ0n) is 19.8. The summed E-state index contributed by atoms with van der Waals surface area (Å²) in [4.78, 5) is 29.0. The minimum absolute atomic E-state index is 0.114. The maximum Gasteiger partial charge on any atom is 0.227 e. The molecule has 2 amide bonds. The van der Waals surface area contributed by atoms with E-state index in [1.54, 1.807) is 54.3 Å². The van der Waals surface area contributed by atoms with E-state index in [1.165, 1.54) is 19.2 Å². The Balaban J connectivity index is 1.54. The van der Waals surface area contributed by atoms with Crippen LogP contribution >= 0.6 is 0 Å². The van der Waals surface area contributed by atoms with Crippen molar-refractivity contribution in [3.05, 3.63) is 42.5 Å². The highest BCUT2D eigenvalue weighted by Gasteiger charge is 2.37. The van der Waals surface area contributed by atoms with E-state index in [0.29, 0.717) is 42.5 Å². The largest absolute Gasteiger partial charge is 0.497 e. The third kappa shape index (κ3) is 5.99. The fraction of sp³-hybridized carbons (Fsp3) is 0.417. The second kappa shape index (κ2) is 10.8. The first kappa shape index (κ1) is 25.4. The molecule has 2 aromatic rings. The molecule has 0 aromatic heterocycles. The van der Waals surface area contributed by atoms with Gasteiger partial charge in [-0.15, -0.1) is 0 Å². The molecule has 1 aliphatic heterocycles. The molecule has 1 heterocycles. The molecule has 0 aliphatic carbocycles. The van der Waals surface area contributed by atoms with E-state index in [2.05, 4.69) is 0 Å². The number of rotatable bonds is 10. The van der Waals surface area contributed by atoms with Crippen LogP contribution in [-0.2, 0) is 19.4 Å². The van der Waals surface area contributed by atoms with E-state index in [0.717, 1.165) is 6.26 Å². The quantitative estimate of drug-likeness (QED) is 0.471. The predicted octanol–water partition coefficient (Wildman–Crippen LogP) is 2.39. The number of hydrogen-bond acceptors (Lipinski definition) is 7. The van der Waals surface area contributed by atoms with Gasteiger partial charge in [-0.3, -0.25) is 9.59 Å². The van der Waals surface area contributed by atoms with Crippen LogP contribution < -0.4 is 19.1 Å². The van der Waals surface area contributed by atoms with E-state index in [9.17, 15) is 18.0 Å². The van der Waals surface area contributed by atoms with E-state index in [1.807, 2.05) is 0 Å². The molecule has 0 saturated carbocycles. The van der Waals surface area contributed by atoms with Gasteiger partial charge in [0.1, 0.15) is 17.2 Å². The Kier molecular flexibility index (Phi) is 8.03. The van der Waals surface area contributed by atoms with Gasteiger partial charge >= 0.3 is 0 Å². The van der Waals surface area contributed by atoms with Gasteiger partial charge in [-0.05, 0) is 36.8 Å². The van der Waals surface area contributed by atoms with E-state index in [-0.39, 0.29) is 29.7 Å². The number of carbonyl (C=O) groups is 2. The number of hydrogen-bond donors (Lipinski definition) is 0. The van der Waals surface area contributed by atoms with Gasteiger partial charge < -0.3 is 24.0 Å². The molecule has 0 N–H and O–H groups in total. The van der Waals surface area contributed by atoms with Crippen molar-refractivity contribution < 1.29 is 32.2 Å². The van der Waals surface area contributed by atoms with Crippen molar-refractivity contribution in [1.29, 1.82) is 0 Å². The molecule has 10 heteroatoms.